The molecule has 0 radical (unpaired) electrons. The normalized spacial score (nSPS) is 32.3. The first-order valence-electron chi connectivity index (χ1n) is 10.5. The summed E-state index contributed by atoms with van der Waals surface area (Å²) in [5.41, 5.74) is 0.595. The number of fused-ring (bicyclic) bond motifs is 2. The van der Waals surface area contributed by atoms with Gasteiger partial charge < -0.3 is 9.64 Å². The zero-order chi connectivity index (χ0) is 21.0. The van der Waals surface area contributed by atoms with Crippen molar-refractivity contribution in [1.29, 1.82) is 0 Å². The minimum atomic E-state index is -3.64. The standard InChI is InChI=1S/C22H32N2O4S/c1-16-13-23(8-9-28-16)20(25)17-6-5-7-19(10-17)29(26,27)24-15-22(4)12-18(24)11-21(2,3)14-22/h5-7,10,16,18H,8-9,11-15H2,1-4H3. The van der Waals surface area contributed by atoms with Crippen molar-refractivity contribution >= 4 is 15.9 Å². The Bertz CT molecular complexity index is 913. The first-order chi connectivity index (χ1) is 13.5. The first-order valence-corrected chi connectivity index (χ1v) is 12.0. The summed E-state index contributed by atoms with van der Waals surface area (Å²) in [6.45, 7) is 10.7. The van der Waals surface area contributed by atoms with E-state index in [0.717, 1.165) is 19.3 Å². The van der Waals surface area contributed by atoms with E-state index in [4.69, 9.17) is 4.74 Å². The second-order valence-corrected chi connectivity index (χ2v) is 12.1. The predicted molar refractivity (Wildman–Crippen MR) is 111 cm³/mol. The molecule has 29 heavy (non-hydrogen) atoms. The fraction of sp³-hybridized carbons (Fsp3) is 0.682. The zero-order valence-corrected chi connectivity index (χ0v) is 18.7. The number of hydrogen-bond donors (Lipinski definition) is 0. The van der Waals surface area contributed by atoms with Gasteiger partial charge in [0.1, 0.15) is 0 Å². The van der Waals surface area contributed by atoms with E-state index in [9.17, 15) is 13.2 Å². The number of ether oxygens (including phenoxy) is 1. The molecule has 1 amide bonds. The largest absolute Gasteiger partial charge is 0.375 e. The van der Waals surface area contributed by atoms with Crippen LogP contribution in [0.25, 0.3) is 0 Å². The molecule has 2 aliphatic heterocycles. The Morgan fingerprint density at radius 2 is 1.97 bits per heavy atom. The van der Waals surface area contributed by atoms with Gasteiger partial charge in [-0.3, -0.25) is 4.79 Å². The fourth-order valence-corrected chi connectivity index (χ4v) is 7.62. The molecule has 2 bridgehead atoms. The van der Waals surface area contributed by atoms with Gasteiger partial charge in [0.25, 0.3) is 5.91 Å². The van der Waals surface area contributed by atoms with Crippen molar-refractivity contribution in [2.75, 3.05) is 26.2 Å². The number of morpholine rings is 1. The van der Waals surface area contributed by atoms with Crippen LogP contribution in [0.3, 0.4) is 0 Å². The van der Waals surface area contributed by atoms with E-state index < -0.39 is 10.0 Å². The fourth-order valence-electron chi connectivity index (χ4n) is 5.80. The number of carbonyl (C=O) groups excluding carboxylic acids is 1. The highest BCUT2D eigenvalue weighted by Crippen LogP contribution is 2.53. The Morgan fingerprint density at radius 1 is 1.21 bits per heavy atom. The van der Waals surface area contributed by atoms with Crippen LogP contribution in [0.4, 0.5) is 0 Å². The molecule has 1 aromatic rings. The minimum absolute atomic E-state index is 0.00684. The molecule has 3 aliphatic rings. The maximum atomic E-state index is 13.5. The molecule has 3 unspecified atom stereocenters. The average molecular weight is 421 g/mol. The molecule has 6 nitrogen and oxygen atoms in total. The van der Waals surface area contributed by atoms with E-state index >= 15 is 0 Å². The quantitative estimate of drug-likeness (QED) is 0.753. The summed E-state index contributed by atoms with van der Waals surface area (Å²) in [6.07, 6.45) is 2.83. The highest BCUT2D eigenvalue weighted by molar-refractivity contribution is 7.89. The molecule has 1 aliphatic carbocycles. The lowest BCUT2D eigenvalue weighted by atomic mass is 9.65. The molecule has 4 rings (SSSR count). The SMILES string of the molecule is CC1CN(C(=O)c2cccc(S(=O)(=O)N3CC4(C)CC3CC(C)(C)C4)c2)CCO1. The van der Waals surface area contributed by atoms with Gasteiger partial charge in [0, 0.05) is 31.2 Å². The van der Waals surface area contributed by atoms with Crippen molar-refractivity contribution in [3.8, 4) is 0 Å². The minimum Gasteiger partial charge on any atom is -0.375 e. The lowest BCUT2D eigenvalue weighted by Crippen LogP contribution is -2.44. The third-order valence-corrected chi connectivity index (χ3v) is 8.48. The number of benzene rings is 1. The summed E-state index contributed by atoms with van der Waals surface area (Å²) in [5, 5.41) is 0. The molecule has 7 heteroatoms. The lowest BCUT2D eigenvalue weighted by molar-refractivity contribution is -0.0124. The van der Waals surface area contributed by atoms with Crippen molar-refractivity contribution in [2.45, 2.75) is 64.0 Å². The summed E-state index contributed by atoms with van der Waals surface area (Å²) in [4.78, 5) is 14.9. The van der Waals surface area contributed by atoms with E-state index in [1.807, 2.05) is 6.92 Å². The Kier molecular flexibility index (Phi) is 5.07. The topological polar surface area (TPSA) is 66.9 Å². The Morgan fingerprint density at radius 3 is 2.69 bits per heavy atom. The number of amides is 1. The second-order valence-electron chi connectivity index (χ2n) is 10.2. The zero-order valence-electron chi connectivity index (χ0n) is 17.8. The van der Waals surface area contributed by atoms with Crippen molar-refractivity contribution in [3.63, 3.8) is 0 Å². The third-order valence-electron chi connectivity index (χ3n) is 6.58. The maximum absolute atomic E-state index is 13.5. The molecule has 0 aromatic heterocycles. The first kappa shape index (κ1) is 20.8. The summed E-state index contributed by atoms with van der Waals surface area (Å²) in [5.74, 6) is -0.134. The predicted octanol–water partition coefficient (Wildman–Crippen LogP) is 3.14. The molecule has 1 saturated carbocycles. The van der Waals surface area contributed by atoms with Crippen LogP contribution >= 0.6 is 0 Å². The van der Waals surface area contributed by atoms with Crippen LogP contribution in [-0.4, -0.2) is 61.9 Å². The van der Waals surface area contributed by atoms with Crippen LogP contribution in [0.5, 0.6) is 0 Å². The highest BCUT2D eigenvalue weighted by Gasteiger charge is 2.53. The summed E-state index contributed by atoms with van der Waals surface area (Å²) in [7, 11) is -3.64. The molecule has 2 heterocycles. The lowest BCUT2D eigenvalue weighted by Gasteiger charge is -2.39. The molecular weight excluding hydrogens is 388 g/mol. The number of hydrogen-bond acceptors (Lipinski definition) is 4. The molecule has 3 fully saturated rings. The Hall–Kier alpha value is -1.44. The number of rotatable bonds is 3. The van der Waals surface area contributed by atoms with Gasteiger partial charge in [0.15, 0.2) is 0 Å². The molecule has 1 aromatic carbocycles. The van der Waals surface area contributed by atoms with Gasteiger partial charge in [-0.2, -0.15) is 4.31 Å². The van der Waals surface area contributed by atoms with Crippen molar-refractivity contribution in [3.05, 3.63) is 29.8 Å². The van der Waals surface area contributed by atoms with E-state index in [-0.39, 0.29) is 33.8 Å². The van der Waals surface area contributed by atoms with Gasteiger partial charge in [-0.25, -0.2) is 8.42 Å². The van der Waals surface area contributed by atoms with Crippen LogP contribution in [-0.2, 0) is 14.8 Å². The van der Waals surface area contributed by atoms with Crippen LogP contribution in [0.1, 0.15) is 57.3 Å². The third kappa shape index (κ3) is 3.97. The smallest absolute Gasteiger partial charge is 0.254 e. The monoisotopic (exact) mass is 420 g/mol. The highest BCUT2D eigenvalue weighted by atomic mass is 32.2. The van der Waals surface area contributed by atoms with E-state index in [0.29, 0.717) is 31.8 Å². The number of carbonyl (C=O) groups is 1. The van der Waals surface area contributed by atoms with E-state index in [1.54, 1.807) is 33.5 Å². The van der Waals surface area contributed by atoms with Gasteiger partial charge in [-0.05, 0) is 55.2 Å². The molecule has 0 spiro atoms. The number of nitrogens with zero attached hydrogens (tertiary/aromatic N) is 2. The van der Waals surface area contributed by atoms with E-state index in [1.165, 1.54) is 0 Å². The van der Waals surface area contributed by atoms with Gasteiger partial charge in [0.2, 0.25) is 10.0 Å². The van der Waals surface area contributed by atoms with Crippen LogP contribution in [0, 0.1) is 10.8 Å². The van der Waals surface area contributed by atoms with Crippen LogP contribution < -0.4 is 0 Å². The summed E-state index contributed by atoms with van der Waals surface area (Å²) < 4.78 is 34.2. The number of sulfonamides is 1. The van der Waals surface area contributed by atoms with Crippen LogP contribution in [0.2, 0.25) is 0 Å². The summed E-state index contributed by atoms with van der Waals surface area (Å²) >= 11 is 0. The Balaban J connectivity index is 1.60. The molecule has 2 saturated heterocycles. The Labute approximate surface area is 174 Å². The maximum Gasteiger partial charge on any atom is 0.254 e. The molecular formula is C22H32N2O4S. The van der Waals surface area contributed by atoms with Crippen molar-refractivity contribution < 1.29 is 17.9 Å². The summed E-state index contributed by atoms with van der Waals surface area (Å²) in [6, 6.07) is 6.58. The van der Waals surface area contributed by atoms with Crippen LogP contribution in [0.15, 0.2) is 29.2 Å². The average Bonchev–Trinajstić information content (AvgIpc) is 2.90. The molecule has 3 atom stereocenters. The van der Waals surface area contributed by atoms with Gasteiger partial charge >= 0.3 is 0 Å². The van der Waals surface area contributed by atoms with E-state index in [2.05, 4.69) is 20.8 Å². The van der Waals surface area contributed by atoms with Gasteiger partial charge in [0.05, 0.1) is 17.6 Å². The van der Waals surface area contributed by atoms with Gasteiger partial charge in [-0.15, -0.1) is 0 Å². The molecule has 0 N–H and O–H groups in total. The van der Waals surface area contributed by atoms with Crippen molar-refractivity contribution in [1.82, 2.24) is 9.21 Å². The van der Waals surface area contributed by atoms with Crippen molar-refractivity contribution in [2.24, 2.45) is 10.8 Å². The molecule has 160 valence electrons. The van der Waals surface area contributed by atoms with Gasteiger partial charge in [-0.1, -0.05) is 26.8 Å². The second kappa shape index (κ2) is 7.06.